The highest BCUT2D eigenvalue weighted by atomic mass is 19.1. The number of Topliss-reactive ketones (excluding diaryl/α,β-unsaturated/α-hetero) is 1. The Kier molecular flexibility index (Phi) is 2.73. The van der Waals surface area contributed by atoms with E-state index in [0.29, 0.717) is 0 Å². The lowest BCUT2D eigenvalue weighted by molar-refractivity contribution is -0.150. The van der Waals surface area contributed by atoms with Crippen molar-refractivity contribution in [3.05, 3.63) is 0 Å². The fourth-order valence-corrected chi connectivity index (χ4v) is 0.492. The molecule has 1 atom stereocenters. The summed E-state index contributed by atoms with van der Waals surface area (Å²) in [6.07, 6.45) is -2.39. The van der Waals surface area contributed by atoms with Crippen LogP contribution < -0.4 is 0 Å². The molecule has 0 saturated heterocycles. The van der Waals surface area contributed by atoms with E-state index in [-0.39, 0.29) is 0 Å². The first kappa shape index (κ1) is 10.1. The van der Waals surface area contributed by atoms with Crippen LogP contribution in [0.3, 0.4) is 0 Å². The third-order valence-electron chi connectivity index (χ3n) is 1.19. The van der Waals surface area contributed by atoms with Gasteiger partial charge in [-0.25, -0.2) is 9.18 Å². The molecule has 0 saturated carbocycles. The molecule has 0 aromatic heterocycles. The zero-order valence-electron chi connectivity index (χ0n) is 6.72. The topological polar surface area (TPSA) is 54.4 Å². The number of carboxylic acids is 1. The number of ketones is 1. The molecular formula is C7H11FO3. The number of hydrogen-bond acceptors (Lipinski definition) is 2. The summed E-state index contributed by atoms with van der Waals surface area (Å²) in [6, 6.07) is 0. The van der Waals surface area contributed by atoms with Crippen LogP contribution in [0, 0.1) is 5.41 Å². The Morgan fingerprint density at radius 2 is 1.73 bits per heavy atom. The number of alkyl halides is 1. The molecule has 11 heavy (non-hydrogen) atoms. The van der Waals surface area contributed by atoms with Gasteiger partial charge in [0.25, 0.3) is 6.17 Å². The summed E-state index contributed by atoms with van der Waals surface area (Å²) in [6.45, 7) is 4.43. The minimum absolute atomic E-state index is 0.898. The predicted octanol–water partition coefficient (Wildman–Crippen LogP) is 1.02. The number of carboxylic acid groups (broad SMARTS) is 1. The second-order valence-corrected chi connectivity index (χ2v) is 3.32. The Labute approximate surface area is 64.2 Å². The maximum Gasteiger partial charge on any atom is 0.346 e. The second kappa shape index (κ2) is 2.98. The molecule has 0 spiro atoms. The molecule has 0 fully saturated rings. The van der Waals surface area contributed by atoms with Gasteiger partial charge in [0.1, 0.15) is 0 Å². The Morgan fingerprint density at radius 1 is 1.36 bits per heavy atom. The third kappa shape index (κ3) is 2.65. The van der Waals surface area contributed by atoms with Crippen molar-refractivity contribution in [3.63, 3.8) is 0 Å². The first-order valence-corrected chi connectivity index (χ1v) is 3.18. The summed E-state index contributed by atoms with van der Waals surface area (Å²) >= 11 is 0. The van der Waals surface area contributed by atoms with Crippen LogP contribution in [0.1, 0.15) is 20.8 Å². The molecule has 0 amide bonds. The summed E-state index contributed by atoms with van der Waals surface area (Å²) in [5.41, 5.74) is -0.933. The fraction of sp³-hybridized carbons (Fsp3) is 0.714. The van der Waals surface area contributed by atoms with E-state index in [4.69, 9.17) is 5.11 Å². The average Bonchev–Trinajstić information content (AvgIpc) is 1.82. The molecule has 64 valence electrons. The van der Waals surface area contributed by atoms with Crippen LogP contribution in [0.2, 0.25) is 0 Å². The first-order chi connectivity index (χ1) is 4.76. The Morgan fingerprint density at radius 3 is 1.82 bits per heavy atom. The van der Waals surface area contributed by atoms with Gasteiger partial charge in [-0.3, -0.25) is 4.79 Å². The monoisotopic (exact) mass is 162 g/mol. The summed E-state index contributed by atoms with van der Waals surface area (Å²) < 4.78 is 12.5. The first-order valence-electron chi connectivity index (χ1n) is 3.18. The molecular weight excluding hydrogens is 151 g/mol. The van der Waals surface area contributed by atoms with Crippen molar-refractivity contribution >= 4 is 11.8 Å². The number of hydrogen-bond donors (Lipinski definition) is 1. The molecule has 0 rings (SSSR count). The number of halogens is 1. The highest BCUT2D eigenvalue weighted by molar-refractivity contribution is 6.03. The van der Waals surface area contributed by atoms with Gasteiger partial charge in [-0.2, -0.15) is 0 Å². The molecule has 0 bridgehead atoms. The van der Waals surface area contributed by atoms with Gasteiger partial charge in [0.15, 0.2) is 5.78 Å². The van der Waals surface area contributed by atoms with E-state index >= 15 is 0 Å². The van der Waals surface area contributed by atoms with E-state index in [9.17, 15) is 14.0 Å². The molecule has 0 aliphatic rings. The largest absolute Gasteiger partial charge is 0.479 e. The Bertz CT molecular complexity index is 181. The van der Waals surface area contributed by atoms with Crippen LogP contribution in [-0.2, 0) is 9.59 Å². The smallest absolute Gasteiger partial charge is 0.346 e. The minimum atomic E-state index is -2.39. The molecule has 0 radical (unpaired) electrons. The Balaban J connectivity index is 4.39. The zero-order chi connectivity index (χ0) is 9.23. The minimum Gasteiger partial charge on any atom is -0.479 e. The van der Waals surface area contributed by atoms with Gasteiger partial charge < -0.3 is 5.11 Å². The van der Waals surface area contributed by atoms with Crippen LogP contribution in [0.15, 0.2) is 0 Å². The summed E-state index contributed by atoms with van der Waals surface area (Å²) in [7, 11) is 0. The highest BCUT2D eigenvalue weighted by Gasteiger charge is 2.34. The third-order valence-corrected chi connectivity index (χ3v) is 1.19. The van der Waals surface area contributed by atoms with Crippen molar-refractivity contribution in [2.45, 2.75) is 26.9 Å². The van der Waals surface area contributed by atoms with E-state index in [0.717, 1.165) is 0 Å². The normalized spacial score (nSPS) is 14.2. The van der Waals surface area contributed by atoms with Crippen molar-refractivity contribution in [2.75, 3.05) is 0 Å². The SMILES string of the molecule is CC(C)(C)C(=O)[C@@H](F)C(=O)O. The van der Waals surface area contributed by atoms with Gasteiger partial charge in [0, 0.05) is 5.41 Å². The van der Waals surface area contributed by atoms with Crippen molar-refractivity contribution in [2.24, 2.45) is 5.41 Å². The lowest BCUT2D eigenvalue weighted by Gasteiger charge is -2.16. The van der Waals surface area contributed by atoms with Gasteiger partial charge >= 0.3 is 5.97 Å². The average molecular weight is 162 g/mol. The van der Waals surface area contributed by atoms with Crippen molar-refractivity contribution in [1.29, 1.82) is 0 Å². The fourth-order valence-electron chi connectivity index (χ4n) is 0.492. The molecule has 3 nitrogen and oxygen atoms in total. The highest BCUT2D eigenvalue weighted by Crippen LogP contribution is 2.18. The van der Waals surface area contributed by atoms with Crippen molar-refractivity contribution in [1.82, 2.24) is 0 Å². The van der Waals surface area contributed by atoms with Crippen LogP contribution in [-0.4, -0.2) is 23.0 Å². The van der Waals surface area contributed by atoms with Crippen LogP contribution in [0.25, 0.3) is 0 Å². The van der Waals surface area contributed by atoms with Gasteiger partial charge in [0.05, 0.1) is 0 Å². The molecule has 0 heterocycles. The number of carbonyl (C=O) groups is 2. The molecule has 0 aliphatic heterocycles. The summed E-state index contributed by atoms with van der Waals surface area (Å²) in [5, 5.41) is 8.12. The maximum absolute atomic E-state index is 12.5. The molecule has 0 aliphatic carbocycles. The van der Waals surface area contributed by atoms with Gasteiger partial charge in [-0.15, -0.1) is 0 Å². The van der Waals surface area contributed by atoms with Crippen LogP contribution in [0.4, 0.5) is 4.39 Å². The molecule has 0 aromatic carbocycles. The van der Waals surface area contributed by atoms with Crippen LogP contribution >= 0.6 is 0 Å². The van der Waals surface area contributed by atoms with Crippen molar-refractivity contribution in [3.8, 4) is 0 Å². The summed E-state index contributed by atoms with van der Waals surface area (Å²) in [4.78, 5) is 20.8. The molecule has 0 unspecified atom stereocenters. The van der Waals surface area contributed by atoms with Gasteiger partial charge in [0.2, 0.25) is 0 Å². The molecule has 0 aromatic rings. The predicted molar refractivity (Wildman–Crippen MR) is 37.0 cm³/mol. The van der Waals surface area contributed by atoms with Gasteiger partial charge in [-0.1, -0.05) is 20.8 Å². The quantitative estimate of drug-likeness (QED) is 0.617. The van der Waals surface area contributed by atoms with Crippen LogP contribution in [0.5, 0.6) is 0 Å². The van der Waals surface area contributed by atoms with Gasteiger partial charge in [-0.05, 0) is 0 Å². The maximum atomic E-state index is 12.5. The number of aliphatic carboxylic acids is 1. The Hall–Kier alpha value is -0.930. The lowest BCUT2D eigenvalue weighted by Crippen LogP contribution is -2.34. The summed E-state index contributed by atoms with van der Waals surface area (Å²) in [5.74, 6) is -2.62. The van der Waals surface area contributed by atoms with E-state index in [2.05, 4.69) is 0 Å². The molecule has 4 heteroatoms. The van der Waals surface area contributed by atoms with E-state index in [1.807, 2.05) is 0 Å². The molecule has 1 N–H and O–H groups in total. The van der Waals surface area contributed by atoms with E-state index in [1.165, 1.54) is 20.8 Å². The van der Waals surface area contributed by atoms with Crippen molar-refractivity contribution < 1.29 is 19.1 Å². The van der Waals surface area contributed by atoms with E-state index in [1.54, 1.807) is 0 Å². The standard InChI is InChI=1S/C7H11FO3/c1-7(2,3)5(9)4(8)6(10)11/h4H,1-3H3,(H,10,11)/t4-/m1/s1. The zero-order valence-corrected chi connectivity index (χ0v) is 6.72. The van der Waals surface area contributed by atoms with E-state index < -0.39 is 23.3 Å². The lowest BCUT2D eigenvalue weighted by atomic mass is 9.88. The second-order valence-electron chi connectivity index (χ2n) is 3.32. The number of carbonyl (C=O) groups excluding carboxylic acids is 1. The number of rotatable bonds is 2.